The molecule has 0 aliphatic rings. The Balaban J connectivity index is 1.60. The third kappa shape index (κ3) is 4.27. The fourth-order valence-electron chi connectivity index (χ4n) is 3.52. The van der Waals surface area contributed by atoms with E-state index in [2.05, 4.69) is 34.3 Å². The summed E-state index contributed by atoms with van der Waals surface area (Å²) in [5.74, 6) is -0.464. The minimum Gasteiger partial charge on any atom is -0.332 e. The maximum Gasteiger partial charge on any atom is 0.262 e. The third-order valence-electron chi connectivity index (χ3n) is 5.16. The van der Waals surface area contributed by atoms with Gasteiger partial charge in [-0.05, 0) is 38.0 Å². The van der Waals surface area contributed by atoms with E-state index in [1.165, 1.54) is 16.9 Å². The van der Waals surface area contributed by atoms with Gasteiger partial charge in [-0.25, -0.2) is 9.97 Å². The molecule has 158 valence electrons. The molecule has 0 aliphatic carbocycles. The fraction of sp³-hybridized carbons (Fsp3) is 0.250. The van der Waals surface area contributed by atoms with Gasteiger partial charge >= 0.3 is 0 Å². The van der Waals surface area contributed by atoms with Crippen LogP contribution < -0.4 is 10.7 Å². The van der Waals surface area contributed by atoms with Crippen molar-refractivity contribution in [3.8, 4) is 11.3 Å². The number of aryl methyl sites for hydroxylation is 3. The predicted molar refractivity (Wildman–Crippen MR) is 126 cm³/mol. The summed E-state index contributed by atoms with van der Waals surface area (Å²) >= 11 is 1.34. The summed E-state index contributed by atoms with van der Waals surface area (Å²) in [6, 6.07) is 11.8. The summed E-state index contributed by atoms with van der Waals surface area (Å²) < 4.78 is 1.82. The van der Waals surface area contributed by atoms with Crippen LogP contribution in [0.5, 0.6) is 0 Å². The van der Waals surface area contributed by atoms with Crippen molar-refractivity contribution in [3.05, 3.63) is 75.0 Å². The largest absolute Gasteiger partial charge is 0.332 e. The summed E-state index contributed by atoms with van der Waals surface area (Å²) in [7, 11) is 0. The lowest BCUT2D eigenvalue weighted by Crippen LogP contribution is -2.24. The highest BCUT2D eigenvalue weighted by Gasteiger charge is 2.17. The number of benzene rings is 1. The molecule has 4 rings (SSSR count). The van der Waals surface area contributed by atoms with E-state index in [9.17, 15) is 9.59 Å². The molecule has 1 N–H and O–H groups in total. The highest BCUT2D eigenvalue weighted by atomic mass is 32.1. The molecule has 0 aliphatic heterocycles. The molecule has 4 aromatic rings. The van der Waals surface area contributed by atoms with Gasteiger partial charge in [-0.2, -0.15) is 0 Å². The van der Waals surface area contributed by atoms with E-state index in [1.54, 1.807) is 18.3 Å². The van der Waals surface area contributed by atoms with Crippen molar-refractivity contribution in [1.82, 2.24) is 14.5 Å². The summed E-state index contributed by atoms with van der Waals surface area (Å²) in [6.07, 6.45) is 3.73. The van der Waals surface area contributed by atoms with Crippen molar-refractivity contribution >= 4 is 33.4 Å². The number of carbonyl (C=O) groups excluding carboxylic acids is 1. The van der Waals surface area contributed by atoms with Gasteiger partial charge in [0, 0.05) is 29.4 Å². The SMILES string of the molecule is CCCc1ccc(-c2csc(NC(=O)c3cn(CC)c4nc(C)ccc4c3=O)n2)cc1. The zero-order chi connectivity index (χ0) is 22.0. The van der Waals surface area contributed by atoms with Crippen LogP contribution in [0.3, 0.4) is 0 Å². The summed E-state index contributed by atoms with van der Waals surface area (Å²) in [6.45, 7) is 6.59. The van der Waals surface area contributed by atoms with Gasteiger partial charge in [0.2, 0.25) is 5.43 Å². The number of nitrogens with one attached hydrogen (secondary N) is 1. The average Bonchev–Trinajstić information content (AvgIpc) is 3.23. The van der Waals surface area contributed by atoms with Crippen molar-refractivity contribution in [2.45, 2.75) is 40.2 Å². The molecule has 6 nitrogen and oxygen atoms in total. The van der Waals surface area contributed by atoms with Crippen LogP contribution in [0.1, 0.15) is 41.9 Å². The first kappa shape index (κ1) is 20.9. The molecule has 3 heterocycles. The number of hydrogen-bond donors (Lipinski definition) is 1. The van der Waals surface area contributed by atoms with E-state index in [0.717, 1.165) is 29.8 Å². The fourth-order valence-corrected chi connectivity index (χ4v) is 4.24. The van der Waals surface area contributed by atoms with Crippen LogP contribution in [0.15, 0.2) is 52.8 Å². The smallest absolute Gasteiger partial charge is 0.262 e. The second kappa shape index (κ2) is 8.81. The van der Waals surface area contributed by atoms with Crippen molar-refractivity contribution < 1.29 is 4.79 Å². The molecule has 0 saturated carbocycles. The average molecular weight is 433 g/mol. The Kier molecular flexibility index (Phi) is 5.95. The number of carbonyl (C=O) groups is 1. The van der Waals surface area contributed by atoms with E-state index < -0.39 is 5.91 Å². The quantitative estimate of drug-likeness (QED) is 0.462. The molecule has 0 fully saturated rings. The Hall–Kier alpha value is -3.32. The number of amides is 1. The topological polar surface area (TPSA) is 76.9 Å². The van der Waals surface area contributed by atoms with E-state index in [-0.39, 0.29) is 11.0 Å². The number of anilines is 1. The Morgan fingerprint density at radius 1 is 1.10 bits per heavy atom. The van der Waals surface area contributed by atoms with E-state index >= 15 is 0 Å². The predicted octanol–water partition coefficient (Wildman–Crippen LogP) is 5.05. The van der Waals surface area contributed by atoms with Gasteiger partial charge in [-0.1, -0.05) is 37.6 Å². The Bertz CT molecular complexity index is 1310. The van der Waals surface area contributed by atoms with Crippen molar-refractivity contribution in [3.63, 3.8) is 0 Å². The standard InChI is InChI=1S/C24H24N4O2S/c1-4-6-16-8-10-17(11-9-16)20-14-31-24(26-20)27-23(30)19-13-28(5-2)22-18(21(19)29)12-7-15(3)25-22/h7-14H,4-6H2,1-3H3,(H,26,27,30). The number of rotatable bonds is 6. The first-order valence-corrected chi connectivity index (χ1v) is 11.2. The highest BCUT2D eigenvalue weighted by molar-refractivity contribution is 7.14. The first-order valence-electron chi connectivity index (χ1n) is 10.4. The molecular formula is C24H24N4O2S. The highest BCUT2D eigenvalue weighted by Crippen LogP contribution is 2.25. The maximum absolute atomic E-state index is 12.9. The monoisotopic (exact) mass is 432 g/mol. The molecule has 7 heteroatoms. The van der Waals surface area contributed by atoms with Crippen LogP contribution in [0, 0.1) is 6.92 Å². The Morgan fingerprint density at radius 3 is 2.58 bits per heavy atom. The number of nitrogens with zero attached hydrogens (tertiary/aromatic N) is 3. The zero-order valence-electron chi connectivity index (χ0n) is 17.8. The van der Waals surface area contributed by atoms with Crippen LogP contribution in [0.25, 0.3) is 22.3 Å². The maximum atomic E-state index is 12.9. The second-order valence-corrected chi connectivity index (χ2v) is 8.28. The normalized spacial score (nSPS) is 11.1. The van der Waals surface area contributed by atoms with Gasteiger partial charge in [0.25, 0.3) is 5.91 Å². The molecule has 0 bridgehead atoms. The third-order valence-corrected chi connectivity index (χ3v) is 5.92. The first-order chi connectivity index (χ1) is 15.0. The lowest BCUT2D eigenvalue weighted by Gasteiger charge is -2.11. The molecule has 1 amide bonds. The lowest BCUT2D eigenvalue weighted by molar-refractivity contribution is 0.102. The molecule has 3 aromatic heterocycles. The molecule has 0 saturated heterocycles. The number of pyridine rings is 2. The molecule has 0 spiro atoms. The van der Waals surface area contributed by atoms with Gasteiger partial charge in [-0.3, -0.25) is 14.9 Å². The lowest BCUT2D eigenvalue weighted by atomic mass is 10.1. The number of thiazole rings is 1. The molecule has 0 unspecified atom stereocenters. The Morgan fingerprint density at radius 2 is 1.87 bits per heavy atom. The molecule has 31 heavy (non-hydrogen) atoms. The molecule has 0 atom stereocenters. The van der Waals surface area contributed by atoms with Gasteiger partial charge in [-0.15, -0.1) is 11.3 Å². The van der Waals surface area contributed by atoms with Crippen LogP contribution in [-0.4, -0.2) is 20.4 Å². The van der Waals surface area contributed by atoms with Crippen molar-refractivity contribution in [2.24, 2.45) is 0 Å². The van der Waals surface area contributed by atoms with E-state index in [4.69, 9.17) is 0 Å². The molecule has 0 radical (unpaired) electrons. The molecular weight excluding hydrogens is 408 g/mol. The van der Waals surface area contributed by atoms with Crippen molar-refractivity contribution in [1.29, 1.82) is 0 Å². The van der Waals surface area contributed by atoms with Crippen molar-refractivity contribution in [2.75, 3.05) is 5.32 Å². The van der Waals surface area contributed by atoms with Crippen LogP contribution >= 0.6 is 11.3 Å². The van der Waals surface area contributed by atoms with Crippen LogP contribution in [0.4, 0.5) is 5.13 Å². The summed E-state index contributed by atoms with van der Waals surface area (Å²) in [5.41, 5.74) is 4.26. The second-order valence-electron chi connectivity index (χ2n) is 7.42. The van der Waals surface area contributed by atoms with Gasteiger partial charge < -0.3 is 4.57 Å². The zero-order valence-corrected chi connectivity index (χ0v) is 18.6. The minimum atomic E-state index is -0.464. The summed E-state index contributed by atoms with van der Waals surface area (Å²) in [5, 5.41) is 5.59. The van der Waals surface area contributed by atoms with E-state index in [0.29, 0.717) is 22.7 Å². The van der Waals surface area contributed by atoms with Gasteiger partial charge in [0.1, 0.15) is 11.2 Å². The minimum absolute atomic E-state index is 0.0840. The van der Waals surface area contributed by atoms with Crippen LogP contribution in [-0.2, 0) is 13.0 Å². The molecule has 1 aromatic carbocycles. The van der Waals surface area contributed by atoms with E-state index in [1.807, 2.05) is 35.9 Å². The Labute approximate surface area is 184 Å². The number of fused-ring (bicyclic) bond motifs is 1. The number of hydrogen-bond acceptors (Lipinski definition) is 5. The number of aromatic nitrogens is 3. The van der Waals surface area contributed by atoms with Gasteiger partial charge in [0.05, 0.1) is 11.1 Å². The van der Waals surface area contributed by atoms with Crippen LogP contribution in [0.2, 0.25) is 0 Å². The summed E-state index contributed by atoms with van der Waals surface area (Å²) in [4.78, 5) is 34.8. The van der Waals surface area contributed by atoms with Gasteiger partial charge in [0.15, 0.2) is 5.13 Å².